The summed E-state index contributed by atoms with van der Waals surface area (Å²) in [4.78, 5) is 0. The number of benzene rings is 1. The minimum absolute atomic E-state index is 0.573. The molecule has 0 saturated heterocycles. The van der Waals surface area contributed by atoms with Gasteiger partial charge >= 0.3 is 0 Å². The van der Waals surface area contributed by atoms with Gasteiger partial charge in [0.05, 0.1) is 0 Å². The van der Waals surface area contributed by atoms with Gasteiger partial charge in [-0.25, -0.2) is 0 Å². The summed E-state index contributed by atoms with van der Waals surface area (Å²) in [6.07, 6.45) is 1.40. The Morgan fingerprint density at radius 2 is 2.00 bits per heavy atom. The highest BCUT2D eigenvalue weighted by atomic mass is 14.3. The minimum atomic E-state index is 0.573. The first-order valence-electron chi connectivity index (χ1n) is 4.26. The van der Waals surface area contributed by atoms with Crippen molar-refractivity contribution in [3.63, 3.8) is 0 Å². The molecule has 0 unspecified atom stereocenters. The SMILES string of the molecule is Cc1cc(C(C)C)ccc1C=N. The van der Waals surface area contributed by atoms with E-state index in [1.807, 2.05) is 13.0 Å². The van der Waals surface area contributed by atoms with Crippen molar-refractivity contribution in [2.24, 2.45) is 0 Å². The van der Waals surface area contributed by atoms with Crippen LogP contribution < -0.4 is 0 Å². The van der Waals surface area contributed by atoms with Gasteiger partial charge in [-0.05, 0) is 29.5 Å². The Morgan fingerprint density at radius 1 is 1.33 bits per heavy atom. The molecule has 0 aromatic heterocycles. The molecule has 1 rings (SSSR count). The van der Waals surface area contributed by atoms with Crippen LogP contribution in [0.3, 0.4) is 0 Å². The molecule has 0 aliphatic heterocycles. The fraction of sp³-hybridized carbons (Fsp3) is 0.364. The van der Waals surface area contributed by atoms with Gasteiger partial charge in [0.2, 0.25) is 0 Å². The predicted octanol–water partition coefficient (Wildman–Crippen LogP) is 3.12. The van der Waals surface area contributed by atoms with Gasteiger partial charge in [0.15, 0.2) is 0 Å². The van der Waals surface area contributed by atoms with Crippen molar-refractivity contribution in [2.45, 2.75) is 26.7 Å². The largest absolute Gasteiger partial charge is 0.308 e. The molecule has 0 spiro atoms. The van der Waals surface area contributed by atoms with E-state index in [2.05, 4.69) is 26.0 Å². The molecule has 0 aliphatic rings. The fourth-order valence-electron chi connectivity index (χ4n) is 1.22. The molecule has 12 heavy (non-hydrogen) atoms. The third-order valence-electron chi connectivity index (χ3n) is 2.12. The Balaban J connectivity index is 3.10. The summed E-state index contributed by atoms with van der Waals surface area (Å²) >= 11 is 0. The standard InChI is InChI=1S/C11H15N/c1-8(2)10-4-5-11(7-12)9(3)6-10/h4-8,12H,1-3H3. The molecular formula is C11H15N. The lowest BCUT2D eigenvalue weighted by Gasteiger charge is -2.07. The summed E-state index contributed by atoms with van der Waals surface area (Å²) in [5.74, 6) is 0.573. The number of aryl methyl sites for hydroxylation is 1. The van der Waals surface area contributed by atoms with E-state index in [1.54, 1.807) is 0 Å². The Hall–Kier alpha value is -1.11. The Kier molecular flexibility index (Phi) is 2.64. The second kappa shape index (κ2) is 3.53. The normalized spacial score (nSPS) is 10.3. The van der Waals surface area contributed by atoms with Crippen LogP contribution in [0.25, 0.3) is 0 Å². The second-order valence-corrected chi connectivity index (χ2v) is 3.42. The van der Waals surface area contributed by atoms with Gasteiger partial charge < -0.3 is 5.41 Å². The van der Waals surface area contributed by atoms with Gasteiger partial charge in [0.25, 0.3) is 0 Å². The number of hydrogen-bond donors (Lipinski definition) is 1. The quantitative estimate of drug-likeness (QED) is 0.644. The van der Waals surface area contributed by atoms with Crippen molar-refractivity contribution in [3.8, 4) is 0 Å². The van der Waals surface area contributed by atoms with E-state index < -0.39 is 0 Å². The first-order valence-corrected chi connectivity index (χ1v) is 4.26. The monoisotopic (exact) mass is 161 g/mol. The zero-order valence-corrected chi connectivity index (χ0v) is 7.89. The van der Waals surface area contributed by atoms with E-state index in [-0.39, 0.29) is 0 Å². The van der Waals surface area contributed by atoms with Crippen LogP contribution in [0.1, 0.15) is 36.5 Å². The molecule has 64 valence electrons. The van der Waals surface area contributed by atoms with Crippen LogP contribution in [0.2, 0.25) is 0 Å². The molecule has 0 heterocycles. The van der Waals surface area contributed by atoms with Crippen molar-refractivity contribution < 1.29 is 0 Å². The molecule has 1 aromatic carbocycles. The zero-order chi connectivity index (χ0) is 9.14. The molecule has 0 amide bonds. The van der Waals surface area contributed by atoms with Crippen molar-refractivity contribution in [1.29, 1.82) is 5.41 Å². The van der Waals surface area contributed by atoms with E-state index in [0.29, 0.717) is 5.92 Å². The van der Waals surface area contributed by atoms with Crippen LogP contribution in [-0.4, -0.2) is 6.21 Å². The maximum atomic E-state index is 7.14. The van der Waals surface area contributed by atoms with E-state index >= 15 is 0 Å². The van der Waals surface area contributed by atoms with Gasteiger partial charge in [0.1, 0.15) is 0 Å². The first kappa shape index (κ1) is 8.98. The summed E-state index contributed by atoms with van der Waals surface area (Å²) in [7, 11) is 0. The lowest BCUT2D eigenvalue weighted by Crippen LogP contribution is -1.91. The second-order valence-electron chi connectivity index (χ2n) is 3.42. The summed E-state index contributed by atoms with van der Waals surface area (Å²) < 4.78 is 0. The molecule has 0 aliphatic carbocycles. The molecule has 1 nitrogen and oxygen atoms in total. The number of hydrogen-bond acceptors (Lipinski definition) is 1. The third-order valence-corrected chi connectivity index (χ3v) is 2.12. The van der Waals surface area contributed by atoms with Crippen LogP contribution in [0.15, 0.2) is 18.2 Å². The first-order chi connectivity index (χ1) is 5.65. The maximum Gasteiger partial charge on any atom is 0.0252 e. The van der Waals surface area contributed by atoms with Crippen molar-refractivity contribution in [1.82, 2.24) is 0 Å². The summed E-state index contributed by atoms with van der Waals surface area (Å²) in [6.45, 7) is 6.41. The van der Waals surface area contributed by atoms with Crippen LogP contribution in [-0.2, 0) is 0 Å². The van der Waals surface area contributed by atoms with Gasteiger partial charge in [0, 0.05) is 6.21 Å². The van der Waals surface area contributed by atoms with E-state index in [9.17, 15) is 0 Å². The molecular weight excluding hydrogens is 146 g/mol. The number of rotatable bonds is 2. The predicted molar refractivity (Wildman–Crippen MR) is 53.2 cm³/mol. The zero-order valence-electron chi connectivity index (χ0n) is 7.89. The van der Waals surface area contributed by atoms with Gasteiger partial charge in [-0.2, -0.15) is 0 Å². The van der Waals surface area contributed by atoms with E-state index in [4.69, 9.17) is 5.41 Å². The molecule has 1 N–H and O–H groups in total. The fourth-order valence-corrected chi connectivity index (χ4v) is 1.22. The lowest BCUT2D eigenvalue weighted by atomic mass is 9.98. The van der Waals surface area contributed by atoms with Crippen LogP contribution in [0, 0.1) is 12.3 Å². The highest BCUT2D eigenvalue weighted by Crippen LogP contribution is 2.17. The van der Waals surface area contributed by atoms with Gasteiger partial charge in [-0.3, -0.25) is 0 Å². The van der Waals surface area contributed by atoms with Crippen molar-refractivity contribution in [3.05, 3.63) is 34.9 Å². The highest BCUT2D eigenvalue weighted by Gasteiger charge is 2.00. The summed E-state index contributed by atoms with van der Waals surface area (Å²) in [5, 5.41) is 7.14. The molecule has 0 fully saturated rings. The summed E-state index contributed by atoms with van der Waals surface area (Å²) in [6, 6.07) is 6.26. The molecule has 1 aromatic rings. The molecule has 0 radical (unpaired) electrons. The summed E-state index contributed by atoms with van der Waals surface area (Å²) in [5.41, 5.74) is 3.55. The van der Waals surface area contributed by atoms with Crippen molar-refractivity contribution in [2.75, 3.05) is 0 Å². The maximum absolute atomic E-state index is 7.14. The third kappa shape index (κ3) is 1.73. The number of nitrogens with one attached hydrogen (secondary N) is 1. The molecule has 0 saturated carbocycles. The van der Waals surface area contributed by atoms with Crippen molar-refractivity contribution >= 4 is 6.21 Å². The molecule has 0 atom stereocenters. The smallest absolute Gasteiger partial charge is 0.0252 e. The van der Waals surface area contributed by atoms with Gasteiger partial charge in [-0.1, -0.05) is 32.0 Å². The van der Waals surface area contributed by atoms with Gasteiger partial charge in [-0.15, -0.1) is 0 Å². The average molecular weight is 161 g/mol. The Morgan fingerprint density at radius 3 is 2.42 bits per heavy atom. The van der Waals surface area contributed by atoms with E-state index in [0.717, 1.165) is 5.56 Å². The van der Waals surface area contributed by atoms with Crippen LogP contribution >= 0.6 is 0 Å². The Labute approximate surface area is 73.9 Å². The lowest BCUT2D eigenvalue weighted by molar-refractivity contribution is 0.865. The van der Waals surface area contributed by atoms with Crippen LogP contribution in [0.5, 0.6) is 0 Å². The topological polar surface area (TPSA) is 23.9 Å². The average Bonchev–Trinajstić information content (AvgIpc) is 2.04. The van der Waals surface area contributed by atoms with E-state index in [1.165, 1.54) is 17.3 Å². The van der Waals surface area contributed by atoms with Crippen LogP contribution in [0.4, 0.5) is 0 Å². The molecule has 0 bridgehead atoms. The Bertz CT molecular complexity index is 287. The molecule has 1 heteroatoms. The minimum Gasteiger partial charge on any atom is -0.308 e. The highest BCUT2D eigenvalue weighted by molar-refractivity contribution is 5.79.